The van der Waals surface area contributed by atoms with Crippen molar-refractivity contribution in [2.24, 2.45) is 0 Å². The first-order valence-electron chi connectivity index (χ1n) is 7.56. The van der Waals surface area contributed by atoms with E-state index < -0.39 is 0 Å². The predicted octanol–water partition coefficient (Wildman–Crippen LogP) is 4.74. The first kappa shape index (κ1) is 14.8. The van der Waals surface area contributed by atoms with Crippen molar-refractivity contribution >= 4 is 28.4 Å². The molecular weight excluding hydrogens is 377 g/mol. The molecule has 2 aromatic heterocycles. The Balaban J connectivity index is 2.10. The Labute approximate surface area is 138 Å². The van der Waals surface area contributed by atoms with E-state index in [0.29, 0.717) is 11.7 Å². The van der Waals surface area contributed by atoms with Gasteiger partial charge in [0.25, 0.3) is 0 Å². The summed E-state index contributed by atoms with van der Waals surface area (Å²) in [6.07, 6.45) is 6.77. The first-order valence-corrected chi connectivity index (χ1v) is 8.64. The van der Waals surface area contributed by atoms with E-state index in [4.69, 9.17) is 9.40 Å². The van der Waals surface area contributed by atoms with E-state index in [9.17, 15) is 0 Å². The molecule has 1 aliphatic rings. The second kappa shape index (κ2) is 6.34. The van der Waals surface area contributed by atoms with E-state index in [2.05, 4.69) is 39.8 Å². The average molecular weight is 397 g/mol. The Bertz CT molecular complexity index is 632. The molecule has 1 aliphatic carbocycles. The number of aryl methyl sites for hydroxylation is 1. The molecule has 0 aliphatic heterocycles. The van der Waals surface area contributed by atoms with E-state index in [1.54, 1.807) is 6.26 Å². The molecule has 0 aromatic carbocycles. The molecule has 2 heterocycles. The van der Waals surface area contributed by atoms with Crippen LogP contribution >= 0.6 is 22.6 Å². The van der Waals surface area contributed by atoms with Crippen LogP contribution in [0.5, 0.6) is 0 Å². The van der Waals surface area contributed by atoms with Crippen LogP contribution in [0.3, 0.4) is 0 Å². The van der Waals surface area contributed by atoms with Crippen LogP contribution in [0.25, 0.3) is 11.6 Å². The summed E-state index contributed by atoms with van der Waals surface area (Å²) < 4.78 is 6.75. The van der Waals surface area contributed by atoms with Crippen molar-refractivity contribution in [1.82, 2.24) is 9.97 Å². The lowest BCUT2D eigenvalue weighted by atomic mass is 10.0. The number of nitrogens with one attached hydrogen (secondary N) is 1. The number of furan rings is 1. The zero-order valence-corrected chi connectivity index (χ0v) is 14.6. The highest BCUT2D eigenvalue weighted by atomic mass is 127. The van der Waals surface area contributed by atoms with Crippen LogP contribution in [0.4, 0.5) is 5.82 Å². The first-order chi connectivity index (χ1) is 10.2. The van der Waals surface area contributed by atoms with Gasteiger partial charge < -0.3 is 9.73 Å². The van der Waals surface area contributed by atoms with Gasteiger partial charge in [-0.25, -0.2) is 9.97 Å². The minimum absolute atomic E-state index is 0.561. The van der Waals surface area contributed by atoms with E-state index >= 15 is 0 Å². The third-order valence-electron chi connectivity index (χ3n) is 4.03. The number of hydrogen-bond donors (Lipinski definition) is 1. The van der Waals surface area contributed by atoms with Gasteiger partial charge in [-0.3, -0.25) is 0 Å². The van der Waals surface area contributed by atoms with Crippen molar-refractivity contribution in [3.8, 4) is 11.6 Å². The molecule has 0 radical (unpaired) electrons. The quantitative estimate of drug-likeness (QED) is 0.758. The van der Waals surface area contributed by atoms with Gasteiger partial charge >= 0.3 is 0 Å². The summed E-state index contributed by atoms with van der Waals surface area (Å²) in [4.78, 5) is 9.52. The molecule has 0 bridgehead atoms. The summed E-state index contributed by atoms with van der Waals surface area (Å²) >= 11 is 2.38. The molecule has 0 spiro atoms. The van der Waals surface area contributed by atoms with Crippen LogP contribution in [0.15, 0.2) is 16.7 Å². The zero-order valence-electron chi connectivity index (χ0n) is 12.4. The van der Waals surface area contributed by atoms with Crippen molar-refractivity contribution < 1.29 is 4.42 Å². The third kappa shape index (κ3) is 2.93. The smallest absolute Gasteiger partial charge is 0.198 e. The van der Waals surface area contributed by atoms with Gasteiger partial charge in [0.1, 0.15) is 5.82 Å². The van der Waals surface area contributed by atoms with E-state index in [1.165, 1.54) is 31.4 Å². The molecule has 1 fully saturated rings. The van der Waals surface area contributed by atoms with E-state index in [1.807, 2.05) is 13.0 Å². The zero-order chi connectivity index (χ0) is 14.8. The summed E-state index contributed by atoms with van der Waals surface area (Å²) in [5.41, 5.74) is 2.26. The molecule has 112 valence electrons. The van der Waals surface area contributed by atoms with Gasteiger partial charge in [-0.1, -0.05) is 12.8 Å². The maximum Gasteiger partial charge on any atom is 0.198 e. The molecule has 0 amide bonds. The molecule has 3 rings (SSSR count). The molecule has 0 unspecified atom stereocenters. The number of nitrogens with zero attached hydrogens (tertiary/aromatic N) is 2. The van der Waals surface area contributed by atoms with Crippen molar-refractivity contribution in [2.45, 2.75) is 45.4 Å². The molecule has 0 atom stereocenters. The largest absolute Gasteiger partial charge is 0.461 e. The fourth-order valence-electron chi connectivity index (χ4n) is 2.92. The number of rotatable bonds is 4. The van der Waals surface area contributed by atoms with Gasteiger partial charge in [0.05, 0.1) is 15.5 Å². The predicted molar refractivity (Wildman–Crippen MR) is 92.6 cm³/mol. The third-order valence-corrected chi connectivity index (χ3v) is 5.09. The lowest BCUT2D eigenvalue weighted by molar-refractivity contribution is 0.573. The van der Waals surface area contributed by atoms with Gasteiger partial charge in [0.2, 0.25) is 0 Å². The van der Waals surface area contributed by atoms with E-state index in [-0.39, 0.29) is 0 Å². The maximum absolute atomic E-state index is 5.59. The van der Waals surface area contributed by atoms with Gasteiger partial charge in [0, 0.05) is 12.5 Å². The standard InChI is InChI=1S/C16H20IN3O/c1-3-18-15-12(17)13(11-6-4-5-7-11)19-16(20-15)14-10(2)8-9-21-14/h8-9,11H,3-7H2,1-2H3,(H,18,19,20). The molecule has 4 nitrogen and oxygen atoms in total. The van der Waals surface area contributed by atoms with Crippen molar-refractivity contribution in [1.29, 1.82) is 0 Å². The Morgan fingerprint density at radius 2 is 2.10 bits per heavy atom. The Morgan fingerprint density at radius 1 is 1.33 bits per heavy atom. The topological polar surface area (TPSA) is 51.0 Å². The van der Waals surface area contributed by atoms with Crippen molar-refractivity contribution in [3.05, 3.63) is 27.2 Å². The monoisotopic (exact) mass is 397 g/mol. The lowest BCUT2D eigenvalue weighted by Gasteiger charge is -2.15. The van der Waals surface area contributed by atoms with Gasteiger partial charge in [-0.15, -0.1) is 0 Å². The number of aromatic nitrogens is 2. The van der Waals surface area contributed by atoms with Crippen LogP contribution in [-0.2, 0) is 0 Å². The van der Waals surface area contributed by atoms with Crippen LogP contribution in [0.1, 0.15) is 49.8 Å². The Kier molecular flexibility index (Phi) is 4.47. The highest BCUT2D eigenvalue weighted by Crippen LogP contribution is 2.38. The van der Waals surface area contributed by atoms with Gasteiger partial charge in [0.15, 0.2) is 11.6 Å². The van der Waals surface area contributed by atoms with Gasteiger partial charge in [-0.05, 0) is 60.9 Å². The molecule has 1 N–H and O–H groups in total. The molecular formula is C16H20IN3O. The molecule has 5 heteroatoms. The summed E-state index contributed by atoms with van der Waals surface area (Å²) in [6.45, 7) is 4.97. The second-order valence-corrected chi connectivity index (χ2v) is 6.62. The van der Waals surface area contributed by atoms with Crippen LogP contribution < -0.4 is 5.32 Å². The summed E-state index contributed by atoms with van der Waals surface area (Å²) in [7, 11) is 0. The molecule has 0 saturated heterocycles. The highest BCUT2D eigenvalue weighted by Gasteiger charge is 2.25. The Hall–Kier alpha value is -1.11. The number of halogens is 1. The van der Waals surface area contributed by atoms with Crippen LogP contribution in [0, 0.1) is 10.5 Å². The summed E-state index contributed by atoms with van der Waals surface area (Å²) in [6, 6.07) is 1.96. The Morgan fingerprint density at radius 3 is 2.71 bits per heavy atom. The van der Waals surface area contributed by atoms with Crippen LogP contribution in [0.2, 0.25) is 0 Å². The van der Waals surface area contributed by atoms with E-state index in [0.717, 1.165) is 27.3 Å². The average Bonchev–Trinajstić information content (AvgIpc) is 3.13. The maximum atomic E-state index is 5.59. The molecule has 2 aromatic rings. The van der Waals surface area contributed by atoms with Crippen molar-refractivity contribution in [2.75, 3.05) is 11.9 Å². The minimum atomic E-state index is 0.561. The second-order valence-electron chi connectivity index (χ2n) is 5.54. The van der Waals surface area contributed by atoms with Crippen LogP contribution in [-0.4, -0.2) is 16.5 Å². The van der Waals surface area contributed by atoms with Crippen molar-refractivity contribution in [3.63, 3.8) is 0 Å². The highest BCUT2D eigenvalue weighted by molar-refractivity contribution is 14.1. The minimum Gasteiger partial charge on any atom is -0.461 e. The number of hydrogen-bond acceptors (Lipinski definition) is 4. The SMILES string of the molecule is CCNc1nc(-c2occc2C)nc(C2CCCC2)c1I. The fourth-order valence-corrected chi connectivity index (χ4v) is 3.79. The number of anilines is 1. The summed E-state index contributed by atoms with van der Waals surface area (Å²) in [5.74, 6) is 2.98. The van der Waals surface area contributed by atoms with Gasteiger partial charge in [-0.2, -0.15) is 0 Å². The molecule has 21 heavy (non-hydrogen) atoms. The normalized spacial score (nSPS) is 15.6. The fraction of sp³-hybridized carbons (Fsp3) is 0.500. The lowest BCUT2D eigenvalue weighted by Crippen LogP contribution is -2.10. The summed E-state index contributed by atoms with van der Waals surface area (Å²) in [5, 5.41) is 3.36. The molecule has 1 saturated carbocycles.